The molecule has 2 heterocycles. The number of aromatic amines is 1. The van der Waals surface area contributed by atoms with Gasteiger partial charge < -0.3 is 5.32 Å². The Hall–Kier alpha value is -2.21. The van der Waals surface area contributed by atoms with Gasteiger partial charge in [-0.15, -0.1) is 5.10 Å². The number of H-pyrrole nitrogens is 1. The van der Waals surface area contributed by atoms with Crippen LogP contribution in [-0.2, 0) is 6.54 Å². The Kier molecular flexibility index (Phi) is 3.01. The summed E-state index contributed by atoms with van der Waals surface area (Å²) in [7, 11) is 0. The SMILES string of the molecule is c1cc(NCc2csnn2)cc(-c2ccn[nH]2)c1. The highest BCUT2D eigenvalue weighted by molar-refractivity contribution is 7.03. The summed E-state index contributed by atoms with van der Waals surface area (Å²) in [4.78, 5) is 0. The molecule has 2 aromatic heterocycles. The molecule has 0 aliphatic heterocycles. The van der Waals surface area contributed by atoms with Crippen molar-refractivity contribution in [1.82, 2.24) is 19.8 Å². The van der Waals surface area contributed by atoms with Gasteiger partial charge in [0.1, 0.15) is 0 Å². The van der Waals surface area contributed by atoms with E-state index in [1.54, 1.807) is 6.20 Å². The highest BCUT2D eigenvalue weighted by Crippen LogP contribution is 2.20. The van der Waals surface area contributed by atoms with Crippen molar-refractivity contribution in [2.24, 2.45) is 0 Å². The maximum Gasteiger partial charge on any atom is 0.0946 e. The minimum absolute atomic E-state index is 0.683. The Bertz CT molecular complexity index is 603. The monoisotopic (exact) mass is 257 g/mol. The minimum atomic E-state index is 0.683. The Morgan fingerprint density at radius 2 is 2.28 bits per heavy atom. The number of benzene rings is 1. The first-order chi connectivity index (χ1) is 8.92. The first-order valence-electron chi connectivity index (χ1n) is 5.51. The van der Waals surface area contributed by atoms with Gasteiger partial charge in [0.25, 0.3) is 0 Å². The largest absolute Gasteiger partial charge is 0.379 e. The maximum absolute atomic E-state index is 3.99. The molecular weight excluding hydrogens is 246 g/mol. The summed E-state index contributed by atoms with van der Waals surface area (Å²) in [6, 6.07) is 10.1. The molecule has 0 fully saturated rings. The van der Waals surface area contributed by atoms with Crippen molar-refractivity contribution in [1.29, 1.82) is 0 Å². The lowest BCUT2D eigenvalue weighted by Crippen LogP contribution is -1.99. The van der Waals surface area contributed by atoms with Crippen LogP contribution in [0.2, 0.25) is 0 Å². The number of hydrogen-bond donors (Lipinski definition) is 2. The lowest BCUT2D eigenvalue weighted by atomic mass is 10.1. The summed E-state index contributed by atoms with van der Waals surface area (Å²) in [5, 5.41) is 16.2. The van der Waals surface area contributed by atoms with Crippen LogP contribution >= 0.6 is 11.5 Å². The fraction of sp³-hybridized carbons (Fsp3) is 0.0833. The van der Waals surface area contributed by atoms with Crippen LogP contribution in [0.15, 0.2) is 41.9 Å². The van der Waals surface area contributed by atoms with Gasteiger partial charge in [0.15, 0.2) is 0 Å². The molecule has 0 bridgehead atoms. The van der Waals surface area contributed by atoms with E-state index >= 15 is 0 Å². The number of hydrogen-bond acceptors (Lipinski definition) is 5. The summed E-state index contributed by atoms with van der Waals surface area (Å²) in [5.41, 5.74) is 4.12. The topological polar surface area (TPSA) is 66.5 Å². The van der Waals surface area contributed by atoms with Gasteiger partial charge in [-0.2, -0.15) is 5.10 Å². The number of rotatable bonds is 4. The average molecular weight is 257 g/mol. The van der Waals surface area contributed by atoms with E-state index in [1.165, 1.54) is 11.5 Å². The van der Waals surface area contributed by atoms with Crippen molar-refractivity contribution >= 4 is 17.2 Å². The van der Waals surface area contributed by atoms with Crippen molar-refractivity contribution in [3.05, 3.63) is 47.6 Å². The van der Waals surface area contributed by atoms with Gasteiger partial charge in [-0.05, 0) is 29.7 Å². The summed E-state index contributed by atoms with van der Waals surface area (Å²) < 4.78 is 3.83. The second-order valence-electron chi connectivity index (χ2n) is 3.80. The van der Waals surface area contributed by atoms with E-state index in [0.717, 1.165) is 22.6 Å². The van der Waals surface area contributed by atoms with Crippen LogP contribution in [0.3, 0.4) is 0 Å². The minimum Gasteiger partial charge on any atom is -0.379 e. The molecule has 0 aliphatic rings. The highest BCUT2D eigenvalue weighted by atomic mass is 32.1. The first-order valence-corrected chi connectivity index (χ1v) is 6.35. The van der Waals surface area contributed by atoms with Crippen molar-refractivity contribution < 1.29 is 0 Å². The summed E-state index contributed by atoms with van der Waals surface area (Å²) in [5.74, 6) is 0. The normalized spacial score (nSPS) is 10.4. The van der Waals surface area contributed by atoms with Crippen molar-refractivity contribution in [2.75, 3.05) is 5.32 Å². The third-order valence-corrected chi connectivity index (χ3v) is 3.11. The Labute approximate surface area is 108 Å². The zero-order chi connectivity index (χ0) is 12.2. The maximum atomic E-state index is 3.99. The van der Waals surface area contributed by atoms with Crippen LogP contribution in [0.4, 0.5) is 5.69 Å². The van der Waals surface area contributed by atoms with Crippen LogP contribution in [-0.4, -0.2) is 19.8 Å². The molecule has 0 amide bonds. The zero-order valence-electron chi connectivity index (χ0n) is 9.50. The molecule has 0 aliphatic carbocycles. The molecule has 0 saturated carbocycles. The van der Waals surface area contributed by atoms with Gasteiger partial charge in [0.05, 0.1) is 17.9 Å². The first kappa shape index (κ1) is 10.9. The molecule has 3 aromatic rings. The van der Waals surface area contributed by atoms with E-state index in [4.69, 9.17) is 0 Å². The second-order valence-corrected chi connectivity index (χ2v) is 4.41. The molecule has 18 heavy (non-hydrogen) atoms. The van der Waals surface area contributed by atoms with Crippen molar-refractivity contribution in [2.45, 2.75) is 6.54 Å². The quantitative estimate of drug-likeness (QED) is 0.753. The third kappa shape index (κ3) is 2.38. The van der Waals surface area contributed by atoms with Crippen LogP contribution in [0.25, 0.3) is 11.3 Å². The fourth-order valence-electron chi connectivity index (χ4n) is 1.67. The van der Waals surface area contributed by atoms with E-state index < -0.39 is 0 Å². The summed E-state index contributed by atoms with van der Waals surface area (Å²) in [6.45, 7) is 0.683. The molecule has 0 radical (unpaired) electrons. The molecular formula is C12H11N5S. The smallest absolute Gasteiger partial charge is 0.0946 e. The Morgan fingerprint density at radius 3 is 3.06 bits per heavy atom. The molecule has 2 N–H and O–H groups in total. The molecule has 90 valence electrons. The van der Waals surface area contributed by atoms with E-state index in [0.29, 0.717) is 6.54 Å². The van der Waals surface area contributed by atoms with Gasteiger partial charge in [-0.25, -0.2) is 0 Å². The Morgan fingerprint density at radius 1 is 1.28 bits per heavy atom. The Balaban J connectivity index is 1.75. The van der Waals surface area contributed by atoms with Gasteiger partial charge in [-0.1, -0.05) is 16.6 Å². The van der Waals surface area contributed by atoms with Gasteiger partial charge >= 0.3 is 0 Å². The number of aromatic nitrogens is 4. The van der Waals surface area contributed by atoms with Crippen molar-refractivity contribution in [3.8, 4) is 11.3 Å². The third-order valence-electron chi connectivity index (χ3n) is 2.55. The molecule has 5 nitrogen and oxygen atoms in total. The lowest BCUT2D eigenvalue weighted by molar-refractivity contribution is 0.999. The molecule has 0 spiro atoms. The van der Waals surface area contributed by atoms with E-state index in [-0.39, 0.29) is 0 Å². The lowest BCUT2D eigenvalue weighted by Gasteiger charge is -2.05. The van der Waals surface area contributed by atoms with Crippen LogP contribution < -0.4 is 5.32 Å². The van der Waals surface area contributed by atoms with Gasteiger partial charge in [0.2, 0.25) is 0 Å². The highest BCUT2D eigenvalue weighted by Gasteiger charge is 2.01. The van der Waals surface area contributed by atoms with Crippen molar-refractivity contribution in [3.63, 3.8) is 0 Å². The predicted octanol–water partition coefficient (Wildman–Crippen LogP) is 2.54. The second kappa shape index (κ2) is 4.97. The van der Waals surface area contributed by atoms with E-state index in [1.807, 2.05) is 29.6 Å². The van der Waals surface area contributed by atoms with Crippen LogP contribution in [0.1, 0.15) is 5.69 Å². The molecule has 0 saturated heterocycles. The van der Waals surface area contributed by atoms with Crippen LogP contribution in [0.5, 0.6) is 0 Å². The fourth-order valence-corrected chi connectivity index (χ4v) is 2.12. The summed E-state index contributed by atoms with van der Waals surface area (Å²) in [6.07, 6.45) is 1.75. The molecule has 1 aromatic carbocycles. The number of anilines is 1. The molecule has 6 heteroatoms. The van der Waals surface area contributed by atoms with Gasteiger partial charge in [0, 0.05) is 22.8 Å². The number of nitrogens with one attached hydrogen (secondary N) is 2. The predicted molar refractivity (Wildman–Crippen MR) is 71.3 cm³/mol. The number of nitrogens with zero attached hydrogens (tertiary/aromatic N) is 3. The molecule has 0 atom stereocenters. The van der Waals surface area contributed by atoms with E-state index in [2.05, 4.69) is 31.2 Å². The zero-order valence-corrected chi connectivity index (χ0v) is 10.3. The average Bonchev–Trinajstić information content (AvgIpc) is 3.10. The molecule has 3 rings (SSSR count). The van der Waals surface area contributed by atoms with Crippen LogP contribution in [0, 0.1) is 0 Å². The summed E-state index contributed by atoms with van der Waals surface area (Å²) >= 11 is 1.36. The standard InChI is InChI=1S/C12H11N5S/c1-2-9(12-4-5-14-16-12)6-10(3-1)13-7-11-8-18-17-15-11/h1-6,8,13H,7H2,(H,14,16). The van der Waals surface area contributed by atoms with E-state index in [9.17, 15) is 0 Å². The molecule has 0 unspecified atom stereocenters. The van der Waals surface area contributed by atoms with Gasteiger partial charge in [-0.3, -0.25) is 5.10 Å².